The topological polar surface area (TPSA) is 130 Å². The van der Waals surface area contributed by atoms with Crippen LogP contribution in [0.1, 0.15) is 32.7 Å². The number of fused-ring (bicyclic) bond motifs is 1. The summed E-state index contributed by atoms with van der Waals surface area (Å²) in [6.07, 6.45) is 3.43. The highest BCUT2D eigenvalue weighted by molar-refractivity contribution is 7.85. The van der Waals surface area contributed by atoms with E-state index in [9.17, 15) is 18.0 Å². The summed E-state index contributed by atoms with van der Waals surface area (Å²) in [6, 6.07) is 10.5. The van der Waals surface area contributed by atoms with Gasteiger partial charge in [0.25, 0.3) is 15.7 Å². The molecule has 13 heteroatoms. The number of benzene rings is 2. The molecule has 3 aromatic rings. The third-order valence-corrected chi connectivity index (χ3v) is 7.59. The third kappa shape index (κ3) is 7.71. The summed E-state index contributed by atoms with van der Waals surface area (Å²) in [5.74, 6) is 1.35. The van der Waals surface area contributed by atoms with E-state index in [1.54, 1.807) is 60.3 Å². The Morgan fingerprint density at radius 2 is 1.71 bits per heavy atom. The van der Waals surface area contributed by atoms with Crippen LogP contribution in [0, 0.1) is 5.92 Å². The Bertz CT molecular complexity index is 1540. The molecule has 1 aliphatic heterocycles. The Hall–Kier alpha value is -3.84. The first kappa shape index (κ1) is 31.1. The Morgan fingerprint density at radius 1 is 1.05 bits per heavy atom. The van der Waals surface area contributed by atoms with Crippen molar-refractivity contribution in [2.45, 2.75) is 32.7 Å². The van der Waals surface area contributed by atoms with Gasteiger partial charge in [0.05, 0.1) is 50.9 Å². The second-order valence-corrected chi connectivity index (χ2v) is 12.2. The van der Waals surface area contributed by atoms with E-state index < -0.39 is 10.1 Å². The maximum absolute atomic E-state index is 13.7. The van der Waals surface area contributed by atoms with Crippen LogP contribution in [0.4, 0.5) is 16.2 Å². The maximum atomic E-state index is 13.7. The van der Waals surface area contributed by atoms with Crippen LogP contribution < -0.4 is 19.9 Å². The largest absolute Gasteiger partial charge is 0.497 e. The lowest BCUT2D eigenvalue weighted by molar-refractivity contribution is 0.0795. The average Bonchev–Trinajstić information content (AvgIpc) is 2.97. The normalized spacial score (nSPS) is 14.3. The molecule has 2 heterocycles. The van der Waals surface area contributed by atoms with Crippen LogP contribution in [0.2, 0.25) is 0 Å². The minimum atomic E-state index is -3.66. The minimum Gasteiger partial charge on any atom is -0.497 e. The molecule has 1 fully saturated rings. The second kappa shape index (κ2) is 13.4. The molecule has 0 radical (unpaired) electrons. The molecule has 2 aromatic carbocycles. The van der Waals surface area contributed by atoms with Crippen molar-refractivity contribution < 1.29 is 31.6 Å². The number of anilines is 2. The SMILES string of the molecule is COc1cc(OC)cc(N(CCOS(C)(=O)=O)c2ccc3ncn(C4CCN(C(=O)OCC(C)C)CC4)c(=O)c3c2)c1. The zero-order valence-electron chi connectivity index (χ0n) is 24.6. The lowest BCUT2D eigenvalue weighted by atomic mass is 10.0. The number of ether oxygens (including phenoxy) is 3. The van der Waals surface area contributed by atoms with E-state index in [-0.39, 0.29) is 36.8 Å². The lowest BCUT2D eigenvalue weighted by Crippen LogP contribution is -2.41. The molecule has 0 saturated carbocycles. The molecule has 0 N–H and O–H groups in total. The van der Waals surface area contributed by atoms with Crippen molar-refractivity contribution in [2.24, 2.45) is 5.92 Å². The standard InChI is InChI=1S/C29H38N4O8S/c1-20(2)18-40-29(35)31-10-8-21(9-11-31)33-19-30-27-7-6-22(16-26(27)28(33)34)32(12-13-41-42(5,36)37)23-14-24(38-3)17-25(15-23)39-4/h6-7,14-17,19-21H,8-13,18H2,1-5H3. The molecule has 1 amide bonds. The molecular formula is C29H38N4O8S. The van der Waals surface area contributed by atoms with Crippen molar-refractivity contribution in [3.05, 3.63) is 53.1 Å². The van der Waals surface area contributed by atoms with Crippen LogP contribution >= 0.6 is 0 Å². The van der Waals surface area contributed by atoms with Crippen molar-refractivity contribution >= 4 is 38.5 Å². The highest BCUT2D eigenvalue weighted by atomic mass is 32.2. The number of rotatable bonds is 11. The van der Waals surface area contributed by atoms with Gasteiger partial charge in [-0.3, -0.25) is 13.5 Å². The number of methoxy groups -OCH3 is 2. The Kier molecular flexibility index (Phi) is 9.94. The summed E-state index contributed by atoms with van der Waals surface area (Å²) in [5.41, 5.74) is 1.63. The van der Waals surface area contributed by atoms with Crippen LogP contribution in [0.3, 0.4) is 0 Å². The van der Waals surface area contributed by atoms with Crippen LogP contribution in [-0.4, -0.2) is 82.3 Å². The summed E-state index contributed by atoms with van der Waals surface area (Å²) in [7, 11) is -0.577. The van der Waals surface area contributed by atoms with Gasteiger partial charge in [-0.15, -0.1) is 0 Å². The van der Waals surface area contributed by atoms with Crippen molar-refractivity contribution in [2.75, 3.05) is 58.2 Å². The molecule has 0 atom stereocenters. The monoisotopic (exact) mass is 602 g/mol. The van der Waals surface area contributed by atoms with Gasteiger partial charge in [0, 0.05) is 55.2 Å². The van der Waals surface area contributed by atoms with E-state index in [1.165, 1.54) is 0 Å². The summed E-state index contributed by atoms with van der Waals surface area (Å²) < 4.78 is 46.2. The van der Waals surface area contributed by atoms with Crippen molar-refractivity contribution in [3.8, 4) is 11.5 Å². The quantitative estimate of drug-likeness (QED) is 0.297. The summed E-state index contributed by atoms with van der Waals surface area (Å²) in [4.78, 5) is 34.2. The van der Waals surface area contributed by atoms with E-state index in [1.807, 2.05) is 24.8 Å². The molecule has 0 spiro atoms. The average molecular weight is 603 g/mol. The second-order valence-electron chi connectivity index (χ2n) is 10.6. The van der Waals surface area contributed by atoms with Crippen LogP contribution in [0.15, 0.2) is 47.5 Å². The first-order valence-corrected chi connectivity index (χ1v) is 15.6. The predicted molar refractivity (Wildman–Crippen MR) is 159 cm³/mol. The van der Waals surface area contributed by atoms with Gasteiger partial charge in [-0.25, -0.2) is 9.78 Å². The zero-order chi connectivity index (χ0) is 30.4. The molecule has 1 saturated heterocycles. The van der Waals surface area contributed by atoms with E-state index in [2.05, 4.69) is 4.98 Å². The number of hydrogen-bond acceptors (Lipinski definition) is 10. The van der Waals surface area contributed by atoms with E-state index >= 15 is 0 Å². The first-order valence-electron chi connectivity index (χ1n) is 13.8. The van der Waals surface area contributed by atoms with Gasteiger partial charge in [0.1, 0.15) is 11.5 Å². The van der Waals surface area contributed by atoms with Crippen molar-refractivity contribution in [3.63, 3.8) is 0 Å². The fourth-order valence-electron chi connectivity index (χ4n) is 4.84. The van der Waals surface area contributed by atoms with Gasteiger partial charge in [-0.05, 0) is 37.0 Å². The molecule has 0 unspecified atom stereocenters. The van der Waals surface area contributed by atoms with Gasteiger partial charge in [0.15, 0.2) is 0 Å². The van der Waals surface area contributed by atoms with Gasteiger partial charge in [0.2, 0.25) is 0 Å². The van der Waals surface area contributed by atoms with Gasteiger partial charge in [-0.2, -0.15) is 8.42 Å². The van der Waals surface area contributed by atoms with E-state index in [0.717, 1.165) is 6.26 Å². The summed E-state index contributed by atoms with van der Waals surface area (Å²) >= 11 is 0. The van der Waals surface area contributed by atoms with Gasteiger partial charge >= 0.3 is 6.09 Å². The highest BCUT2D eigenvalue weighted by Gasteiger charge is 2.26. The molecule has 0 bridgehead atoms. The van der Waals surface area contributed by atoms with E-state index in [0.29, 0.717) is 66.3 Å². The van der Waals surface area contributed by atoms with Gasteiger partial charge in [-0.1, -0.05) is 13.8 Å². The number of nitrogens with zero attached hydrogens (tertiary/aromatic N) is 4. The smallest absolute Gasteiger partial charge is 0.409 e. The Balaban J connectivity index is 1.64. The van der Waals surface area contributed by atoms with Crippen LogP contribution in [0.5, 0.6) is 11.5 Å². The number of piperidine rings is 1. The maximum Gasteiger partial charge on any atom is 0.409 e. The zero-order valence-corrected chi connectivity index (χ0v) is 25.4. The van der Waals surface area contributed by atoms with E-state index in [4.69, 9.17) is 18.4 Å². The fourth-order valence-corrected chi connectivity index (χ4v) is 5.22. The molecule has 4 rings (SSSR count). The molecule has 1 aliphatic rings. The number of aromatic nitrogens is 2. The number of carbonyl (C=O) groups excluding carboxylic acids is 1. The number of hydrogen-bond donors (Lipinski definition) is 0. The molecule has 42 heavy (non-hydrogen) atoms. The molecular weight excluding hydrogens is 564 g/mol. The minimum absolute atomic E-state index is 0.117. The Labute approximate surface area is 245 Å². The molecule has 1 aromatic heterocycles. The van der Waals surface area contributed by atoms with Crippen molar-refractivity contribution in [1.82, 2.24) is 14.5 Å². The summed E-state index contributed by atoms with van der Waals surface area (Å²) in [6.45, 7) is 5.35. The Morgan fingerprint density at radius 3 is 2.31 bits per heavy atom. The first-order chi connectivity index (χ1) is 20.0. The van der Waals surface area contributed by atoms with Crippen LogP contribution in [-0.2, 0) is 19.0 Å². The van der Waals surface area contributed by atoms with Crippen molar-refractivity contribution in [1.29, 1.82) is 0 Å². The van der Waals surface area contributed by atoms with Crippen LogP contribution in [0.25, 0.3) is 10.9 Å². The highest BCUT2D eigenvalue weighted by Crippen LogP contribution is 2.34. The molecule has 0 aliphatic carbocycles. The summed E-state index contributed by atoms with van der Waals surface area (Å²) in [5, 5.41) is 0.415. The molecule has 12 nitrogen and oxygen atoms in total. The number of likely N-dealkylation sites (tertiary alicyclic amines) is 1. The third-order valence-electron chi connectivity index (χ3n) is 6.99. The fraction of sp³-hybridized carbons (Fsp3) is 0.483. The molecule has 228 valence electrons. The predicted octanol–water partition coefficient (Wildman–Crippen LogP) is 3.96. The van der Waals surface area contributed by atoms with Gasteiger partial charge < -0.3 is 24.0 Å². The number of carbonyl (C=O) groups is 1. The lowest BCUT2D eigenvalue weighted by Gasteiger charge is -2.32. The number of amides is 1.